The van der Waals surface area contributed by atoms with E-state index in [2.05, 4.69) is 10.9 Å². The van der Waals surface area contributed by atoms with Crippen molar-refractivity contribution < 1.29 is 29.7 Å². The predicted octanol–water partition coefficient (Wildman–Crippen LogP) is -1.47. The van der Waals surface area contributed by atoms with Crippen molar-refractivity contribution in [1.29, 1.82) is 0 Å². The van der Waals surface area contributed by atoms with Crippen LogP contribution in [0.3, 0.4) is 0 Å². The summed E-state index contributed by atoms with van der Waals surface area (Å²) in [7, 11) is 0. The zero-order chi connectivity index (χ0) is 5.28. The van der Waals surface area contributed by atoms with Crippen molar-refractivity contribution in [3.8, 4) is 0 Å². The molecule has 4 nitrogen and oxygen atoms in total. The van der Waals surface area contributed by atoms with Gasteiger partial charge in [-0.3, -0.25) is 20.4 Å². The molecule has 1 saturated heterocycles. The number of amides is 2. The van der Waals surface area contributed by atoms with E-state index in [1.54, 1.807) is 0 Å². The van der Waals surface area contributed by atoms with Crippen LogP contribution in [-0.4, -0.2) is 11.8 Å². The maximum atomic E-state index is 10.1. The van der Waals surface area contributed by atoms with E-state index >= 15 is 0 Å². The molecule has 47 valence electrons. The first kappa shape index (κ1) is 7.59. The Bertz CT molecular complexity index is 110. The molecule has 1 radical (unpaired) electrons. The van der Waals surface area contributed by atoms with Gasteiger partial charge in [-0.1, -0.05) is 0 Å². The van der Waals surface area contributed by atoms with Gasteiger partial charge in [0, 0.05) is 20.1 Å². The molecular weight excluding hydrogens is 288 g/mol. The Morgan fingerprint density at radius 3 is 1.62 bits per heavy atom. The fraction of sp³-hybridized carbons (Fsp3) is 0.333. The van der Waals surface area contributed by atoms with Gasteiger partial charge in [0.2, 0.25) is 11.8 Å². The predicted molar refractivity (Wildman–Crippen MR) is 20.9 cm³/mol. The number of carbonyl (C=O) groups is 2. The van der Waals surface area contributed by atoms with Gasteiger partial charge in [0.05, 0.1) is 0 Å². The van der Waals surface area contributed by atoms with Gasteiger partial charge in [0.15, 0.2) is 0 Å². The molecule has 2 N–H and O–H groups in total. The molecular formula is C3H4IrN2O2. The topological polar surface area (TPSA) is 58.2 Å². The maximum Gasteiger partial charge on any atom is 0.247 e. The number of hydrazine groups is 1. The van der Waals surface area contributed by atoms with Crippen LogP contribution in [0.4, 0.5) is 0 Å². The molecule has 5 heteroatoms. The van der Waals surface area contributed by atoms with Crippen LogP contribution in [-0.2, 0) is 29.7 Å². The van der Waals surface area contributed by atoms with E-state index in [1.807, 2.05) is 0 Å². The van der Waals surface area contributed by atoms with Gasteiger partial charge in [-0.25, -0.2) is 0 Å². The van der Waals surface area contributed by atoms with Crippen LogP contribution in [0.5, 0.6) is 0 Å². The number of hydrogen-bond acceptors (Lipinski definition) is 2. The van der Waals surface area contributed by atoms with Crippen molar-refractivity contribution in [3.05, 3.63) is 0 Å². The third-order valence-electron chi connectivity index (χ3n) is 0.662. The zero-order valence-corrected chi connectivity index (χ0v) is 6.25. The fourth-order valence-corrected chi connectivity index (χ4v) is 0.374. The van der Waals surface area contributed by atoms with E-state index in [1.165, 1.54) is 0 Å². The third-order valence-corrected chi connectivity index (χ3v) is 0.662. The van der Waals surface area contributed by atoms with Gasteiger partial charge in [-0.05, 0) is 0 Å². The molecule has 1 heterocycles. The second-order valence-electron chi connectivity index (χ2n) is 1.27. The van der Waals surface area contributed by atoms with Crippen molar-refractivity contribution in [3.63, 3.8) is 0 Å². The first-order chi connectivity index (χ1) is 3.29. The SMILES string of the molecule is O=C1CC(=O)NN1.[Ir]. The molecule has 0 spiro atoms. The number of hydrogen-bond donors (Lipinski definition) is 2. The molecule has 1 fully saturated rings. The fourth-order valence-electron chi connectivity index (χ4n) is 0.374. The standard InChI is InChI=1S/C3H4N2O2.Ir/c6-2-1-3(7)5-4-2;/h1H2,(H,4,6)(H,5,7);. The Morgan fingerprint density at radius 2 is 1.50 bits per heavy atom. The molecule has 0 aliphatic carbocycles. The number of rotatable bonds is 0. The summed E-state index contributed by atoms with van der Waals surface area (Å²) in [6.45, 7) is 0. The van der Waals surface area contributed by atoms with E-state index < -0.39 is 0 Å². The Balaban J connectivity index is 0.000000490. The minimum absolute atomic E-state index is 0. The van der Waals surface area contributed by atoms with Gasteiger partial charge >= 0.3 is 0 Å². The van der Waals surface area contributed by atoms with Gasteiger partial charge in [0.1, 0.15) is 6.42 Å². The number of nitrogens with one attached hydrogen (secondary N) is 2. The molecule has 2 amide bonds. The first-order valence-corrected chi connectivity index (χ1v) is 1.87. The Hall–Kier alpha value is -0.411. The van der Waals surface area contributed by atoms with Crippen LogP contribution in [0, 0.1) is 0 Å². The van der Waals surface area contributed by atoms with Crippen molar-refractivity contribution in [2.24, 2.45) is 0 Å². The van der Waals surface area contributed by atoms with Crippen molar-refractivity contribution >= 4 is 11.8 Å². The van der Waals surface area contributed by atoms with Crippen LogP contribution in [0.25, 0.3) is 0 Å². The summed E-state index contributed by atoms with van der Waals surface area (Å²) in [5.74, 6) is -0.519. The monoisotopic (exact) mass is 293 g/mol. The van der Waals surface area contributed by atoms with Gasteiger partial charge in [0.25, 0.3) is 0 Å². The van der Waals surface area contributed by atoms with Crippen LogP contribution in [0.15, 0.2) is 0 Å². The van der Waals surface area contributed by atoms with E-state index in [-0.39, 0.29) is 38.3 Å². The summed E-state index contributed by atoms with van der Waals surface area (Å²) in [5.41, 5.74) is 4.26. The largest absolute Gasteiger partial charge is 0.273 e. The van der Waals surface area contributed by atoms with Crippen LogP contribution in [0.2, 0.25) is 0 Å². The first-order valence-electron chi connectivity index (χ1n) is 1.87. The van der Waals surface area contributed by atoms with Crippen molar-refractivity contribution in [2.75, 3.05) is 0 Å². The van der Waals surface area contributed by atoms with Gasteiger partial charge in [-0.2, -0.15) is 0 Å². The smallest absolute Gasteiger partial charge is 0.247 e. The van der Waals surface area contributed by atoms with Crippen molar-refractivity contribution in [2.45, 2.75) is 6.42 Å². The molecule has 0 unspecified atom stereocenters. The third kappa shape index (κ3) is 1.60. The molecule has 0 atom stereocenters. The number of carbonyl (C=O) groups excluding carboxylic acids is 2. The summed E-state index contributed by atoms with van der Waals surface area (Å²) in [6, 6.07) is 0. The summed E-state index contributed by atoms with van der Waals surface area (Å²) >= 11 is 0. The Labute approximate surface area is 59.3 Å². The normalized spacial score (nSPS) is 16.5. The van der Waals surface area contributed by atoms with Crippen LogP contribution >= 0.6 is 0 Å². The summed E-state index contributed by atoms with van der Waals surface area (Å²) in [4.78, 5) is 20.1. The average molecular weight is 292 g/mol. The minimum Gasteiger partial charge on any atom is -0.273 e. The Kier molecular flexibility index (Phi) is 2.65. The van der Waals surface area contributed by atoms with Gasteiger partial charge in [-0.15, -0.1) is 0 Å². The summed E-state index contributed by atoms with van der Waals surface area (Å²) in [5, 5.41) is 0. The minimum atomic E-state index is -0.259. The molecule has 0 bridgehead atoms. The van der Waals surface area contributed by atoms with E-state index in [0.29, 0.717) is 0 Å². The molecule has 1 aliphatic rings. The molecule has 0 saturated carbocycles. The zero-order valence-electron chi connectivity index (χ0n) is 3.86. The molecule has 8 heavy (non-hydrogen) atoms. The molecule has 1 rings (SSSR count). The van der Waals surface area contributed by atoms with Crippen LogP contribution < -0.4 is 10.9 Å². The quantitative estimate of drug-likeness (QED) is 0.536. The van der Waals surface area contributed by atoms with Crippen LogP contribution in [0.1, 0.15) is 6.42 Å². The molecule has 0 aromatic carbocycles. The summed E-state index contributed by atoms with van der Waals surface area (Å²) in [6.07, 6.45) is -0.0278. The van der Waals surface area contributed by atoms with E-state index in [9.17, 15) is 9.59 Å². The van der Waals surface area contributed by atoms with E-state index in [4.69, 9.17) is 0 Å². The second-order valence-corrected chi connectivity index (χ2v) is 1.27. The van der Waals surface area contributed by atoms with E-state index in [0.717, 1.165) is 0 Å². The maximum absolute atomic E-state index is 10.1. The molecule has 1 aliphatic heterocycles. The molecule has 0 aromatic heterocycles. The summed E-state index contributed by atoms with van der Waals surface area (Å²) < 4.78 is 0. The molecule has 0 aromatic rings. The van der Waals surface area contributed by atoms with Crippen molar-refractivity contribution in [1.82, 2.24) is 10.9 Å². The Morgan fingerprint density at radius 1 is 1.12 bits per heavy atom. The van der Waals surface area contributed by atoms with Gasteiger partial charge < -0.3 is 0 Å². The second kappa shape index (κ2) is 2.79. The average Bonchev–Trinajstić information content (AvgIpc) is 1.87.